The van der Waals surface area contributed by atoms with Gasteiger partial charge in [-0.1, -0.05) is 0 Å². The van der Waals surface area contributed by atoms with Gasteiger partial charge in [0.05, 0.1) is 20.2 Å². The van der Waals surface area contributed by atoms with Gasteiger partial charge < -0.3 is 14.5 Å². The van der Waals surface area contributed by atoms with Crippen LogP contribution in [0.15, 0.2) is 47.1 Å². The first kappa shape index (κ1) is 15.2. The number of hydrogen-bond acceptors (Lipinski definition) is 6. The van der Waals surface area contributed by atoms with Gasteiger partial charge in [0, 0.05) is 24.0 Å². The van der Waals surface area contributed by atoms with E-state index in [0.29, 0.717) is 18.3 Å². The molecule has 0 amide bonds. The van der Waals surface area contributed by atoms with E-state index in [1.807, 2.05) is 41.2 Å². The van der Waals surface area contributed by atoms with Crippen LogP contribution >= 0.6 is 0 Å². The van der Waals surface area contributed by atoms with E-state index in [1.165, 1.54) is 0 Å². The third-order valence-electron chi connectivity index (χ3n) is 3.43. The fourth-order valence-corrected chi connectivity index (χ4v) is 2.19. The summed E-state index contributed by atoms with van der Waals surface area (Å²) in [6, 6.07) is 9.67. The first-order chi connectivity index (χ1) is 11.2. The van der Waals surface area contributed by atoms with E-state index in [1.54, 1.807) is 13.3 Å². The Labute approximate surface area is 134 Å². The molecule has 0 saturated heterocycles. The predicted octanol–water partition coefficient (Wildman–Crippen LogP) is 2.12. The van der Waals surface area contributed by atoms with Crippen LogP contribution < -0.4 is 10.1 Å². The lowest BCUT2D eigenvalue weighted by Crippen LogP contribution is -2.30. The van der Waals surface area contributed by atoms with Gasteiger partial charge in [-0.2, -0.15) is 5.10 Å². The summed E-state index contributed by atoms with van der Waals surface area (Å²) >= 11 is 0. The van der Waals surface area contributed by atoms with E-state index in [4.69, 9.17) is 9.15 Å². The highest BCUT2D eigenvalue weighted by atomic mass is 16.5. The summed E-state index contributed by atoms with van der Waals surface area (Å²) in [5.41, 5.74) is 0.870. The highest BCUT2D eigenvalue weighted by Gasteiger charge is 2.10. The lowest BCUT2D eigenvalue weighted by molar-refractivity contribution is 0.410. The zero-order chi connectivity index (χ0) is 16.1. The van der Waals surface area contributed by atoms with Crippen LogP contribution in [0.1, 0.15) is 12.8 Å². The Bertz CT molecular complexity index is 721. The van der Waals surface area contributed by atoms with Crippen molar-refractivity contribution in [2.75, 3.05) is 7.11 Å². The Morgan fingerprint density at radius 1 is 1.26 bits per heavy atom. The van der Waals surface area contributed by atoms with Gasteiger partial charge in [-0.25, -0.2) is 0 Å². The smallest absolute Gasteiger partial charge is 0.247 e. The Kier molecular flexibility index (Phi) is 4.68. The lowest BCUT2D eigenvalue weighted by Gasteiger charge is -2.11. The molecule has 2 heterocycles. The summed E-state index contributed by atoms with van der Waals surface area (Å²) in [7, 11) is 1.63. The van der Waals surface area contributed by atoms with Gasteiger partial charge in [0.15, 0.2) is 0 Å². The minimum Gasteiger partial charge on any atom is -0.497 e. The number of benzene rings is 1. The molecule has 23 heavy (non-hydrogen) atoms. The molecule has 7 nitrogen and oxygen atoms in total. The molecule has 3 aromatic rings. The number of nitrogens with one attached hydrogen (secondary N) is 1. The van der Waals surface area contributed by atoms with Crippen molar-refractivity contribution >= 4 is 0 Å². The fourth-order valence-electron chi connectivity index (χ4n) is 2.19. The number of ether oxygens (including phenoxy) is 1. The van der Waals surface area contributed by atoms with Gasteiger partial charge in [0.25, 0.3) is 0 Å². The van der Waals surface area contributed by atoms with Crippen LogP contribution in [0.25, 0.3) is 11.5 Å². The summed E-state index contributed by atoms with van der Waals surface area (Å²) < 4.78 is 12.7. The topological polar surface area (TPSA) is 78.0 Å². The van der Waals surface area contributed by atoms with Gasteiger partial charge in [0.2, 0.25) is 11.8 Å². The summed E-state index contributed by atoms with van der Waals surface area (Å²) in [6.07, 6.45) is 3.71. The minimum absolute atomic E-state index is 0.242. The predicted molar refractivity (Wildman–Crippen MR) is 84.8 cm³/mol. The number of aromatic nitrogens is 4. The molecule has 1 aromatic carbocycles. The minimum atomic E-state index is 0.242. The summed E-state index contributed by atoms with van der Waals surface area (Å²) in [6.45, 7) is 3.39. The molecular weight excluding hydrogens is 294 g/mol. The number of hydrogen-bond donors (Lipinski definition) is 1. The van der Waals surface area contributed by atoms with Gasteiger partial charge in [-0.05, 0) is 37.3 Å². The molecule has 1 unspecified atom stereocenters. The van der Waals surface area contributed by atoms with Gasteiger partial charge in [0.1, 0.15) is 5.75 Å². The molecule has 0 aliphatic rings. The molecule has 2 aromatic heterocycles. The van der Waals surface area contributed by atoms with Crippen molar-refractivity contribution in [3.63, 3.8) is 0 Å². The molecule has 0 radical (unpaired) electrons. The van der Waals surface area contributed by atoms with Crippen LogP contribution in [0.3, 0.4) is 0 Å². The van der Waals surface area contributed by atoms with E-state index >= 15 is 0 Å². The van der Waals surface area contributed by atoms with Crippen molar-refractivity contribution in [3.8, 4) is 17.2 Å². The van der Waals surface area contributed by atoms with Crippen molar-refractivity contribution in [3.05, 3.63) is 48.6 Å². The SMILES string of the molecule is COc1ccc(-c2nnc(CNC(C)Cn3cccn3)o2)cc1. The van der Waals surface area contributed by atoms with Crippen LogP contribution in [-0.4, -0.2) is 33.1 Å². The highest BCUT2D eigenvalue weighted by Crippen LogP contribution is 2.21. The van der Waals surface area contributed by atoms with Crippen molar-refractivity contribution in [2.24, 2.45) is 0 Å². The Balaban J connectivity index is 1.56. The van der Waals surface area contributed by atoms with E-state index in [-0.39, 0.29) is 6.04 Å². The molecule has 3 rings (SSSR count). The third-order valence-corrected chi connectivity index (χ3v) is 3.43. The highest BCUT2D eigenvalue weighted by molar-refractivity contribution is 5.53. The number of rotatable bonds is 7. The molecular formula is C16H19N5O2. The molecule has 0 aliphatic carbocycles. The summed E-state index contributed by atoms with van der Waals surface area (Å²) in [5.74, 6) is 1.86. The van der Waals surface area contributed by atoms with Crippen LogP contribution in [0, 0.1) is 0 Å². The summed E-state index contributed by atoms with van der Waals surface area (Å²) in [5, 5.41) is 15.7. The average molecular weight is 313 g/mol. The molecule has 0 saturated carbocycles. The second-order valence-corrected chi connectivity index (χ2v) is 5.24. The molecule has 1 N–H and O–H groups in total. The van der Waals surface area contributed by atoms with Crippen LogP contribution in [-0.2, 0) is 13.1 Å². The maximum Gasteiger partial charge on any atom is 0.247 e. The average Bonchev–Trinajstić information content (AvgIpc) is 3.25. The Morgan fingerprint density at radius 3 is 2.78 bits per heavy atom. The second kappa shape index (κ2) is 7.06. The standard InChI is InChI=1S/C16H19N5O2/c1-12(11-21-9-3-8-18-21)17-10-15-19-20-16(23-15)13-4-6-14(22-2)7-5-13/h3-9,12,17H,10-11H2,1-2H3. The van der Waals surface area contributed by atoms with Crippen LogP contribution in [0.4, 0.5) is 0 Å². The van der Waals surface area contributed by atoms with E-state index in [9.17, 15) is 0 Å². The van der Waals surface area contributed by atoms with Crippen LogP contribution in [0.2, 0.25) is 0 Å². The zero-order valence-corrected chi connectivity index (χ0v) is 13.1. The van der Waals surface area contributed by atoms with Crippen molar-refractivity contribution in [1.82, 2.24) is 25.3 Å². The normalized spacial score (nSPS) is 12.3. The van der Waals surface area contributed by atoms with Crippen molar-refractivity contribution in [1.29, 1.82) is 0 Å². The molecule has 0 spiro atoms. The number of nitrogens with zero attached hydrogens (tertiary/aromatic N) is 4. The van der Waals surface area contributed by atoms with E-state index in [2.05, 4.69) is 27.5 Å². The largest absolute Gasteiger partial charge is 0.497 e. The molecule has 120 valence electrons. The Hall–Kier alpha value is -2.67. The molecule has 0 aliphatic heterocycles. The van der Waals surface area contributed by atoms with Crippen molar-refractivity contribution in [2.45, 2.75) is 26.1 Å². The van der Waals surface area contributed by atoms with Gasteiger partial charge in [-0.15, -0.1) is 10.2 Å². The molecule has 0 fully saturated rings. The first-order valence-electron chi connectivity index (χ1n) is 7.42. The van der Waals surface area contributed by atoms with E-state index in [0.717, 1.165) is 17.9 Å². The third kappa shape index (κ3) is 3.95. The zero-order valence-electron chi connectivity index (χ0n) is 13.1. The van der Waals surface area contributed by atoms with Crippen LogP contribution in [0.5, 0.6) is 5.75 Å². The maximum absolute atomic E-state index is 5.68. The molecule has 0 bridgehead atoms. The Morgan fingerprint density at radius 2 is 2.09 bits per heavy atom. The first-order valence-corrected chi connectivity index (χ1v) is 7.42. The quantitative estimate of drug-likeness (QED) is 0.720. The summed E-state index contributed by atoms with van der Waals surface area (Å²) in [4.78, 5) is 0. The maximum atomic E-state index is 5.68. The van der Waals surface area contributed by atoms with Gasteiger partial charge in [-0.3, -0.25) is 4.68 Å². The monoisotopic (exact) mass is 313 g/mol. The molecule has 7 heteroatoms. The van der Waals surface area contributed by atoms with Crippen molar-refractivity contribution < 1.29 is 9.15 Å². The number of methoxy groups -OCH3 is 1. The molecule has 1 atom stereocenters. The van der Waals surface area contributed by atoms with Gasteiger partial charge >= 0.3 is 0 Å². The fraction of sp³-hybridized carbons (Fsp3) is 0.312. The van der Waals surface area contributed by atoms with E-state index < -0.39 is 0 Å². The lowest BCUT2D eigenvalue weighted by atomic mass is 10.2. The second-order valence-electron chi connectivity index (χ2n) is 5.24.